The van der Waals surface area contributed by atoms with Crippen LogP contribution in [0.3, 0.4) is 0 Å². The first-order valence-corrected chi connectivity index (χ1v) is 3.78. The molecule has 1 rings (SSSR count). The summed E-state index contributed by atoms with van der Waals surface area (Å²) in [6.07, 6.45) is 0. The summed E-state index contributed by atoms with van der Waals surface area (Å²) < 4.78 is 0. The number of aromatic nitrogens is 2. The van der Waals surface area contributed by atoms with Crippen LogP contribution < -0.4 is 0 Å². The van der Waals surface area contributed by atoms with E-state index in [4.69, 9.17) is 28.4 Å². The highest BCUT2D eigenvalue weighted by Gasteiger charge is 2.04. The summed E-state index contributed by atoms with van der Waals surface area (Å²) in [4.78, 5) is 7.55. The van der Waals surface area contributed by atoms with E-state index in [1.165, 1.54) is 0 Å². The van der Waals surface area contributed by atoms with E-state index in [2.05, 4.69) is 15.1 Å². The maximum atomic E-state index is 8.32. The molecule has 0 fully saturated rings. The van der Waals surface area contributed by atoms with Gasteiger partial charge >= 0.3 is 0 Å². The second-order valence-corrected chi connectivity index (χ2v) is 2.75. The van der Waals surface area contributed by atoms with E-state index in [9.17, 15) is 0 Å². The van der Waals surface area contributed by atoms with E-state index in [1.54, 1.807) is 13.0 Å². The topological polar surface area (TPSA) is 58.4 Å². The average Bonchev–Trinajstić information content (AvgIpc) is 2.01. The molecule has 0 bridgehead atoms. The first-order valence-electron chi connectivity index (χ1n) is 3.02. The molecule has 64 valence electrons. The zero-order valence-electron chi connectivity index (χ0n) is 6.12. The fourth-order valence-corrected chi connectivity index (χ4v) is 1.01. The summed E-state index contributed by atoms with van der Waals surface area (Å²) >= 11 is 11.0. The highest BCUT2D eigenvalue weighted by Crippen LogP contribution is 2.07. The smallest absolute Gasteiger partial charge is 0.223 e. The zero-order valence-corrected chi connectivity index (χ0v) is 7.63. The van der Waals surface area contributed by atoms with Gasteiger partial charge in [-0.15, -0.1) is 0 Å². The second-order valence-electron chi connectivity index (χ2n) is 2.05. The summed E-state index contributed by atoms with van der Waals surface area (Å²) in [7, 11) is 0. The van der Waals surface area contributed by atoms with E-state index in [-0.39, 0.29) is 10.5 Å². The van der Waals surface area contributed by atoms with E-state index in [1.807, 2.05) is 0 Å². The van der Waals surface area contributed by atoms with Gasteiger partial charge in [-0.2, -0.15) is 0 Å². The largest absolute Gasteiger partial charge is 0.410 e. The molecule has 0 unspecified atom stereocenters. The average molecular weight is 206 g/mol. The lowest BCUT2D eigenvalue weighted by atomic mass is 10.3. The van der Waals surface area contributed by atoms with Crippen molar-refractivity contribution in [1.29, 1.82) is 0 Å². The minimum atomic E-state index is -0.109. The van der Waals surface area contributed by atoms with Crippen molar-refractivity contribution >= 4 is 28.4 Å². The fourth-order valence-electron chi connectivity index (χ4n) is 0.689. The molecule has 4 nitrogen and oxygen atoms in total. The van der Waals surface area contributed by atoms with Gasteiger partial charge in [0, 0.05) is 5.69 Å². The van der Waals surface area contributed by atoms with E-state index >= 15 is 0 Å². The number of nitrogens with zero attached hydrogens (tertiary/aromatic N) is 3. The van der Waals surface area contributed by atoms with Gasteiger partial charge < -0.3 is 5.21 Å². The van der Waals surface area contributed by atoms with Gasteiger partial charge in [-0.3, -0.25) is 0 Å². The first-order chi connectivity index (χ1) is 5.63. The Morgan fingerprint density at radius 3 is 2.75 bits per heavy atom. The van der Waals surface area contributed by atoms with Gasteiger partial charge in [-0.05, 0) is 24.6 Å². The van der Waals surface area contributed by atoms with Crippen LogP contribution in [-0.4, -0.2) is 20.3 Å². The predicted octanol–water partition coefficient (Wildman–Crippen LogP) is 1.81. The molecule has 0 aliphatic carbocycles. The number of aryl methyl sites for hydroxylation is 1. The van der Waals surface area contributed by atoms with Crippen LogP contribution in [0, 0.1) is 6.92 Å². The number of hydrogen-bond acceptors (Lipinski definition) is 4. The third-order valence-electron chi connectivity index (χ3n) is 1.13. The predicted molar refractivity (Wildman–Crippen MR) is 46.0 cm³/mol. The molecule has 1 N–H and O–H groups in total. The molecule has 0 saturated heterocycles. The second kappa shape index (κ2) is 3.69. The highest BCUT2D eigenvalue weighted by molar-refractivity contribution is 6.69. The molecule has 6 heteroatoms. The molecule has 0 aliphatic rings. The Hall–Kier alpha value is -0.870. The SMILES string of the molecule is Cc1cc(/C(Cl)=N/O)nc(Cl)n1. The quantitative estimate of drug-likeness (QED) is 0.330. The van der Waals surface area contributed by atoms with Crippen LogP contribution in [0.25, 0.3) is 0 Å². The Kier molecular flexibility index (Phi) is 2.83. The van der Waals surface area contributed by atoms with Crippen molar-refractivity contribution in [3.8, 4) is 0 Å². The third kappa shape index (κ3) is 2.06. The Balaban J connectivity index is 3.17. The molecule has 1 aromatic heterocycles. The summed E-state index contributed by atoms with van der Waals surface area (Å²) in [5.74, 6) is 0. The molecule has 0 aromatic carbocycles. The van der Waals surface area contributed by atoms with Crippen molar-refractivity contribution in [3.63, 3.8) is 0 Å². The monoisotopic (exact) mass is 205 g/mol. The van der Waals surface area contributed by atoms with Crippen molar-refractivity contribution in [2.75, 3.05) is 0 Å². The first kappa shape index (κ1) is 9.22. The van der Waals surface area contributed by atoms with Crippen LogP contribution in [0.5, 0.6) is 0 Å². The van der Waals surface area contributed by atoms with Gasteiger partial charge in [0.15, 0.2) is 5.17 Å². The lowest BCUT2D eigenvalue weighted by molar-refractivity contribution is 0.320. The van der Waals surface area contributed by atoms with Gasteiger partial charge in [0.2, 0.25) is 5.28 Å². The molecule has 12 heavy (non-hydrogen) atoms. The molecule has 0 aliphatic heterocycles. The van der Waals surface area contributed by atoms with E-state index in [0.717, 1.165) is 0 Å². The summed E-state index contributed by atoms with van der Waals surface area (Å²) in [5, 5.41) is 11.1. The highest BCUT2D eigenvalue weighted by atomic mass is 35.5. The van der Waals surface area contributed by atoms with Gasteiger partial charge in [-0.1, -0.05) is 16.8 Å². The molecular formula is C6H5Cl2N3O. The van der Waals surface area contributed by atoms with Gasteiger partial charge in [0.05, 0.1) is 0 Å². The summed E-state index contributed by atoms with van der Waals surface area (Å²) in [5.41, 5.74) is 0.962. The normalized spacial score (nSPS) is 11.8. The van der Waals surface area contributed by atoms with Crippen molar-refractivity contribution in [2.45, 2.75) is 6.92 Å². The molecule has 0 saturated carbocycles. The number of hydrogen-bond donors (Lipinski definition) is 1. The van der Waals surface area contributed by atoms with Crippen LogP contribution in [0.15, 0.2) is 11.2 Å². The fraction of sp³-hybridized carbons (Fsp3) is 0.167. The summed E-state index contributed by atoms with van der Waals surface area (Å²) in [6.45, 7) is 1.73. The molecule has 1 aromatic rings. The van der Waals surface area contributed by atoms with Crippen molar-refractivity contribution in [2.24, 2.45) is 5.16 Å². The summed E-state index contributed by atoms with van der Waals surface area (Å²) in [6, 6.07) is 1.56. The van der Waals surface area contributed by atoms with E-state index < -0.39 is 0 Å². The van der Waals surface area contributed by atoms with E-state index in [0.29, 0.717) is 11.4 Å². The molecule has 0 atom stereocenters. The maximum Gasteiger partial charge on any atom is 0.223 e. The van der Waals surface area contributed by atoms with Crippen molar-refractivity contribution in [3.05, 3.63) is 22.7 Å². The zero-order chi connectivity index (χ0) is 9.14. The molecule has 0 spiro atoms. The Labute approximate surface area is 78.9 Å². The Bertz CT molecular complexity index is 306. The Morgan fingerprint density at radius 2 is 2.25 bits per heavy atom. The minimum Gasteiger partial charge on any atom is -0.410 e. The number of halogens is 2. The lowest BCUT2D eigenvalue weighted by Crippen LogP contribution is -1.99. The van der Waals surface area contributed by atoms with Crippen LogP contribution >= 0.6 is 23.2 Å². The lowest BCUT2D eigenvalue weighted by Gasteiger charge is -1.97. The Morgan fingerprint density at radius 1 is 1.58 bits per heavy atom. The van der Waals surface area contributed by atoms with Crippen molar-refractivity contribution in [1.82, 2.24) is 9.97 Å². The molecule has 0 radical (unpaired) electrons. The van der Waals surface area contributed by atoms with Crippen LogP contribution in [0.2, 0.25) is 5.28 Å². The minimum absolute atomic E-state index is 0.0757. The number of rotatable bonds is 1. The molecule has 1 heterocycles. The van der Waals surface area contributed by atoms with Crippen LogP contribution in [0.4, 0.5) is 0 Å². The van der Waals surface area contributed by atoms with Gasteiger partial charge in [-0.25, -0.2) is 9.97 Å². The van der Waals surface area contributed by atoms with Gasteiger partial charge in [0.25, 0.3) is 0 Å². The van der Waals surface area contributed by atoms with Crippen LogP contribution in [0.1, 0.15) is 11.4 Å². The molecular weight excluding hydrogens is 201 g/mol. The standard InChI is InChI=1S/C6H5Cl2N3O/c1-3-2-4(5(7)11-12)10-6(8)9-3/h2,12H,1H3/b11-5-. The van der Waals surface area contributed by atoms with Gasteiger partial charge in [0.1, 0.15) is 5.69 Å². The van der Waals surface area contributed by atoms with Crippen molar-refractivity contribution < 1.29 is 5.21 Å². The third-order valence-corrected chi connectivity index (χ3v) is 1.56. The number of oxime groups is 1. The van der Waals surface area contributed by atoms with Crippen LogP contribution in [-0.2, 0) is 0 Å². The molecule has 0 amide bonds. The maximum absolute atomic E-state index is 8.32.